The number of unbranched alkanes of at least 4 members (excludes halogenated alkanes) is 1. The molecule has 94 valence electrons. The molecule has 0 radical (unpaired) electrons. The SMILES string of the molecule is CC(C)c1ccc(NC(=O)CCCCCl)cc1. The zero-order valence-corrected chi connectivity index (χ0v) is 11.3. The maximum Gasteiger partial charge on any atom is 0.224 e. The second-order valence-corrected chi connectivity index (χ2v) is 4.85. The molecule has 1 rings (SSSR count). The predicted octanol–water partition coefficient (Wildman–Crippen LogP) is 4.16. The molecule has 1 aromatic rings. The molecule has 0 saturated carbocycles. The van der Waals surface area contributed by atoms with Crippen molar-refractivity contribution < 1.29 is 4.79 Å². The standard InChI is InChI=1S/C14H20ClNO/c1-11(2)12-6-8-13(9-7-12)16-14(17)5-3-4-10-15/h6-9,11H,3-5,10H2,1-2H3,(H,16,17). The van der Waals surface area contributed by atoms with Crippen LogP contribution in [0.25, 0.3) is 0 Å². The molecule has 3 heteroatoms. The third-order valence-electron chi connectivity index (χ3n) is 2.65. The highest BCUT2D eigenvalue weighted by Crippen LogP contribution is 2.17. The van der Waals surface area contributed by atoms with Gasteiger partial charge in [0.15, 0.2) is 0 Å². The van der Waals surface area contributed by atoms with E-state index in [0.29, 0.717) is 18.2 Å². The molecule has 2 nitrogen and oxygen atoms in total. The van der Waals surface area contributed by atoms with Crippen LogP contribution >= 0.6 is 11.6 Å². The Balaban J connectivity index is 2.43. The highest BCUT2D eigenvalue weighted by molar-refractivity contribution is 6.17. The second kappa shape index (κ2) is 7.33. The number of benzene rings is 1. The van der Waals surface area contributed by atoms with Gasteiger partial charge in [0.25, 0.3) is 0 Å². The number of nitrogens with one attached hydrogen (secondary N) is 1. The van der Waals surface area contributed by atoms with Gasteiger partial charge in [-0.2, -0.15) is 0 Å². The van der Waals surface area contributed by atoms with Gasteiger partial charge in [-0.1, -0.05) is 26.0 Å². The number of halogens is 1. The smallest absolute Gasteiger partial charge is 0.224 e. The fraction of sp³-hybridized carbons (Fsp3) is 0.500. The number of carbonyl (C=O) groups is 1. The van der Waals surface area contributed by atoms with Crippen LogP contribution in [0.5, 0.6) is 0 Å². The first kappa shape index (κ1) is 14.0. The summed E-state index contributed by atoms with van der Waals surface area (Å²) in [6.45, 7) is 4.31. The van der Waals surface area contributed by atoms with Crippen molar-refractivity contribution in [1.82, 2.24) is 0 Å². The molecule has 0 aliphatic carbocycles. The Labute approximate surface area is 108 Å². The highest BCUT2D eigenvalue weighted by atomic mass is 35.5. The Morgan fingerprint density at radius 1 is 1.24 bits per heavy atom. The molecule has 1 aromatic carbocycles. The molecular weight excluding hydrogens is 234 g/mol. The lowest BCUT2D eigenvalue weighted by atomic mass is 10.0. The van der Waals surface area contributed by atoms with Crippen molar-refractivity contribution in [2.24, 2.45) is 0 Å². The van der Waals surface area contributed by atoms with Crippen molar-refractivity contribution in [3.8, 4) is 0 Å². The van der Waals surface area contributed by atoms with E-state index in [-0.39, 0.29) is 5.91 Å². The van der Waals surface area contributed by atoms with Gasteiger partial charge < -0.3 is 5.32 Å². The molecular formula is C14H20ClNO. The van der Waals surface area contributed by atoms with Crippen LogP contribution in [0.1, 0.15) is 44.6 Å². The zero-order valence-electron chi connectivity index (χ0n) is 10.5. The number of amides is 1. The number of hydrogen-bond acceptors (Lipinski definition) is 1. The van der Waals surface area contributed by atoms with Crippen molar-refractivity contribution in [3.05, 3.63) is 29.8 Å². The zero-order chi connectivity index (χ0) is 12.7. The normalized spacial score (nSPS) is 10.6. The molecule has 0 fully saturated rings. The van der Waals surface area contributed by atoms with Gasteiger partial charge in [-0.3, -0.25) is 4.79 Å². The summed E-state index contributed by atoms with van der Waals surface area (Å²) in [6, 6.07) is 8.02. The van der Waals surface area contributed by atoms with Crippen molar-refractivity contribution in [1.29, 1.82) is 0 Å². The Morgan fingerprint density at radius 3 is 2.41 bits per heavy atom. The van der Waals surface area contributed by atoms with E-state index in [1.807, 2.05) is 12.1 Å². The van der Waals surface area contributed by atoms with Crippen molar-refractivity contribution in [3.63, 3.8) is 0 Å². The van der Waals surface area contributed by atoms with Gasteiger partial charge in [0.1, 0.15) is 0 Å². The van der Waals surface area contributed by atoms with E-state index >= 15 is 0 Å². The molecule has 1 amide bonds. The molecule has 0 heterocycles. The molecule has 0 atom stereocenters. The van der Waals surface area contributed by atoms with Gasteiger partial charge in [-0.25, -0.2) is 0 Å². The van der Waals surface area contributed by atoms with Crippen molar-refractivity contribution in [2.75, 3.05) is 11.2 Å². The minimum absolute atomic E-state index is 0.0624. The number of carbonyl (C=O) groups excluding carboxylic acids is 1. The van der Waals surface area contributed by atoms with Gasteiger partial charge in [-0.05, 0) is 36.5 Å². The molecule has 1 N–H and O–H groups in total. The maximum absolute atomic E-state index is 11.6. The summed E-state index contributed by atoms with van der Waals surface area (Å²) < 4.78 is 0. The maximum atomic E-state index is 11.6. The third-order valence-corrected chi connectivity index (χ3v) is 2.92. The summed E-state index contributed by atoms with van der Waals surface area (Å²) in [6.07, 6.45) is 2.28. The molecule has 0 bridgehead atoms. The number of alkyl halides is 1. The largest absolute Gasteiger partial charge is 0.326 e. The monoisotopic (exact) mass is 253 g/mol. The van der Waals surface area contributed by atoms with Gasteiger partial charge in [0, 0.05) is 18.0 Å². The van der Waals surface area contributed by atoms with Crippen LogP contribution < -0.4 is 5.32 Å². The molecule has 0 spiro atoms. The molecule has 0 aromatic heterocycles. The lowest BCUT2D eigenvalue weighted by molar-refractivity contribution is -0.116. The Kier molecular flexibility index (Phi) is 6.06. The Morgan fingerprint density at radius 2 is 1.88 bits per heavy atom. The molecule has 0 aliphatic rings. The Bertz CT molecular complexity index is 346. The average molecular weight is 254 g/mol. The van der Waals surface area contributed by atoms with E-state index in [9.17, 15) is 4.79 Å². The molecule has 17 heavy (non-hydrogen) atoms. The first-order valence-electron chi connectivity index (χ1n) is 6.09. The minimum atomic E-state index is 0.0624. The van der Waals surface area contributed by atoms with E-state index in [0.717, 1.165) is 18.5 Å². The first-order valence-corrected chi connectivity index (χ1v) is 6.62. The number of hydrogen-bond donors (Lipinski definition) is 1. The van der Waals surface area contributed by atoms with Crippen molar-refractivity contribution in [2.45, 2.75) is 39.0 Å². The summed E-state index contributed by atoms with van der Waals surface area (Å²) in [5.41, 5.74) is 2.15. The van der Waals surface area contributed by atoms with E-state index in [1.165, 1.54) is 5.56 Å². The van der Waals surface area contributed by atoms with Crippen LogP contribution in [-0.2, 0) is 4.79 Å². The number of rotatable bonds is 6. The summed E-state index contributed by atoms with van der Waals surface area (Å²) >= 11 is 5.56. The topological polar surface area (TPSA) is 29.1 Å². The van der Waals surface area contributed by atoms with Crippen LogP contribution in [0, 0.1) is 0 Å². The van der Waals surface area contributed by atoms with E-state index in [1.54, 1.807) is 0 Å². The van der Waals surface area contributed by atoms with E-state index in [4.69, 9.17) is 11.6 Å². The fourth-order valence-electron chi connectivity index (χ4n) is 1.55. The predicted molar refractivity (Wildman–Crippen MR) is 73.7 cm³/mol. The summed E-state index contributed by atoms with van der Waals surface area (Å²) in [7, 11) is 0. The summed E-state index contributed by atoms with van der Waals surface area (Å²) in [4.78, 5) is 11.6. The quantitative estimate of drug-likeness (QED) is 0.599. The van der Waals surface area contributed by atoms with Gasteiger partial charge in [0.2, 0.25) is 5.91 Å². The van der Waals surface area contributed by atoms with Gasteiger partial charge in [0.05, 0.1) is 0 Å². The van der Waals surface area contributed by atoms with E-state index in [2.05, 4.69) is 31.3 Å². The van der Waals surface area contributed by atoms with Crippen LogP contribution in [0.2, 0.25) is 0 Å². The number of anilines is 1. The third kappa shape index (κ3) is 5.22. The van der Waals surface area contributed by atoms with Gasteiger partial charge >= 0.3 is 0 Å². The van der Waals surface area contributed by atoms with Crippen LogP contribution in [0.4, 0.5) is 5.69 Å². The van der Waals surface area contributed by atoms with Crippen molar-refractivity contribution >= 4 is 23.2 Å². The first-order chi connectivity index (χ1) is 8.13. The fourth-order valence-corrected chi connectivity index (χ4v) is 1.74. The second-order valence-electron chi connectivity index (χ2n) is 4.47. The molecule has 0 saturated heterocycles. The van der Waals surface area contributed by atoms with Crippen LogP contribution in [-0.4, -0.2) is 11.8 Å². The van der Waals surface area contributed by atoms with Crippen LogP contribution in [0.15, 0.2) is 24.3 Å². The highest BCUT2D eigenvalue weighted by Gasteiger charge is 2.03. The van der Waals surface area contributed by atoms with Crippen LogP contribution in [0.3, 0.4) is 0 Å². The average Bonchev–Trinajstić information content (AvgIpc) is 2.30. The molecule has 0 unspecified atom stereocenters. The Hall–Kier alpha value is -1.02. The lowest BCUT2D eigenvalue weighted by Gasteiger charge is -2.08. The van der Waals surface area contributed by atoms with E-state index < -0.39 is 0 Å². The molecule has 0 aliphatic heterocycles. The summed E-state index contributed by atoms with van der Waals surface area (Å²) in [5.74, 6) is 1.20. The van der Waals surface area contributed by atoms with Gasteiger partial charge in [-0.15, -0.1) is 11.6 Å². The minimum Gasteiger partial charge on any atom is -0.326 e. The summed E-state index contributed by atoms with van der Waals surface area (Å²) in [5, 5.41) is 2.88. The lowest BCUT2D eigenvalue weighted by Crippen LogP contribution is -2.11.